The average Bonchev–Trinajstić information content (AvgIpc) is 2.70. The lowest BCUT2D eigenvalue weighted by molar-refractivity contribution is -0.384. The Morgan fingerprint density at radius 2 is 1.83 bits per heavy atom. The monoisotopic (exact) mass is 314 g/mol. The summed E-state index contributed by atoms with van der Waals surface area (Å²) in [6, 6.07) is 10.3. The first kappa shape index (κ1) is 15.1. The van der Waals surface area contributed by atoms with Crippen LogP contribution in [0.3, 0.4) is 0 Å². The second kappa shape index (κ2) is 5.15. The van der Waals surface area contributed by atoms with Crippen molar-refractivity contribution >= 4 is 17.3 Å². The van der Waals surface area contributed by atoms with E-state index in [2.05, 4.69) is 0 Å². The molecule has 0 N–H and O–H groups in total. The lowest BCUT2D eigenvalue weighted by Gasteiger charge is -2.20. The Kier molecular flexibility index (Phi) is 3.39. The normalized spacial score (nSPS) is 15.6. The summed E-state index contributed by atoms with van der Waals surface area (Å²) >= 11 is 0. The van der Waals surface area contributed by atoms with E-state index >= 15 is 0 Å². The Labute approximate surface area is 132 Å². The summed E-state index contributed by atoms with van der Waals surface area (Å²) < 4.78 is 13.0. The number of carbonyl (C=O) groups is 1. The van der Waals surface area contributed by atoms with E-state index in [0.29, 0.717) is 5.69 Å². The number of hydrogen-bond donors (Lipinski definition) is 0. The van der Waals surface area contributed by atoms with Gasteiger partial charge in [0, 0.05) is 12.1 Å². The minimum absolute atomic E-state index is 0.0571. The zero-order chi connectivity index (χ0) is 16.8. The minimum atomic E-state index is -0.746. The average molecular weight is 314 g/mol. The lowest BCUT2D eigenvalue weighted by Crippen LogP contribution is -2.35. The third kappa shape index (κ3) is 2.46. The number of fused-ring (bicyclic) bond motifs is 1. The van der Waals surface area contributed by atoms with Crippen molar-refractivity contribution in [1.29, 1.82) is 0 Å². The van der Waals surface area contributed by atoms with Gasteiger partial charge in [-0.2, -0.15) is 0 Å². The van der Waals surface area contributed by atoms with Gasteiger partial charge in [-0.25, -0.2) is 4.39 Å². The molecule has 1 amide bonds. The van der Waals surface area contributed by atoms with Crippen molar-refractivity contribution in [1.82, 2.24) is 0 Å². The SMILES string of the molecule is CC1(C)C(=O)N(Cc2ccc(F)cc2)c2cc([N+](=O)[O-])ccc21. The van der Waals surface area contributed by atoms with Crippen molar-refractivity contribution in [3.05, 3.63) is 69.5 Å². The highest BCUT2D eigenvalue weighted by atomic mass is 19.1. The third-order valence-corrected chi connectivity index (χ3v) is 4.19. The Hall–Kier alpha value is -2.76. The number of nitrogens with zero attached hydrogens (tertiary/aromatic N) is 2. The van der Waals surface area contributed by atoms with Gasteiger partial charge in [-0.3, -0.25) is 14.9 Å². The highest BCUT2D eigenvalue weighted by Crippen LogP contribution is 2.43. The summed E-state index contributed by atoms with van der Waals surface area (Å²) in [7, 11) is 0. The number of amides is 1. The fraction of sp³-hybridized carbons (Fsp3) is 0.235. The van der Waals surface area contributed by atoms with E-state index in [4.69, 9.17) is 0 Å². The fourth-order valence-electron chi connectivity index (χ4n) is 2.88. The first-order valence-corrected chi connectivity index (χ1v) is 7.16. The highest BCUT2D eigenvalue weighted by molar-refractivity contribution is 6.07. The number of carbonyl (C=O) groups excluding carboxylic acids is 1. The Morgan fingerprint density at radius 3 is 2.43 bits per heavy atom. The Bertz CT molecular complexity index is 800. The van der Waals surface area contributed by atoms with Gasteiger partial charge in [-0.1, -0.05) is 12.1 Å². The van der Waals surface area contributed by atoms with E-state index in [1.807, 2.05) is 0 Å². The van der Waals surface area contributed by atoms with E-state index in [9.17, 15) is 19.3 Å². The zero-order valence-electron chi connectivity index (χ0n) is 12.7. The first-order valence-electron chi connectivity index (χ1n) is 7.16. The molecule has 0 aliphatic carbocycles. The van der Waals surface area contributed by atoms with Crippen LogP contribution in [0.1, 0.15) is 25.0 Å². The lowest BCUT2D eigenvalue weighted by atomic mass is 9.86. The molecule has 0 aromatic heterocycles. The maximum absolute atomic E-state index is 13.0. The molecule has 0 fully saturated rings. The number of anilines is 1. The number of nitro benzene ring substituents is 1. The van der Waals surface area contributed by atoms with E-state index < -0.39 is 10.3 Å². The number of halogens is 1. The second-order valence-corrected chi connectivity index (χ2v) is 6.10. The predicted octanol–water partition coefficient (Wildman–Crippen LogP) is 3.56. The van der Waals surface area contributed by atoms with Gasteiger partial charge in [-0.15, -0.1) is 0 Å². The molecule has 3 rings (SSSR count). The molecule has 1 aliphatic rings. The molecular formula is C17H15FN2O3. The van der Waals surface area contributed by atoms with Crippen LogP contribution in [0.5, 0.6) is 0 Å². The van der Waals surface area contributed by atoms with Crippen molar-refractivity contribution < 1.29 is 14.1 Å². The molecule has 6 heteroatoms. The van der Waals surface area contributed by atoms with Crippen LogP contribution in [-0.4, -0.2) is 10.8 Å². The van der Waals surface area contributed by atoms with Gasteiger partial charge in [0.1, 0.15) is 5.82 Å². The molecule has 118 valence electrons. The molecule has 5 nitrogen and oxygen atoms in total. The Balaban J connectivity index is 2.04. The van der Waals surface area contributed by atoms with Crippen LogP contribution >= 0.6 is 0 Å². The molecule has 0 atom stereocenters. The largest absolute Gasteiger partial charge is 0.307 e. The molecule has 2 aromatic rings. The summed E-state index contributed by atoms with van der Waals surface area (Å²) in [6.45, 7) is 3.84. The number of benzene rings is 2. The van der Waals surface area contributed by atoms with E-state index in [-0.39, 0.29) is 24.0 Å². The highest BCUT2D eigenvalue weighted by Gasteiger charge is 2.44. The molecule has 1 heterocycles. The van der Waals surface area contributed by atoms with Crippen molar-refractivity contribution in [2.24, 2.45) is 0 Å². The minimum Gasteiger partial charge on any atom is -0.307 e. The van der Waals surface area contributed by atoms with Crippen molar-refractivity contribution in [2.75, 3.05) is 4.90 Å². The van der Waals surface area contributed by atoms with Gasteiger partial charge in [0.2, 0.25) is 5.91 Å². The van der Waals surface area contributed by atoms with Crippen LogP contribution in [0, 0.1) is 15.9 Å². The third-order valence-electron chi connectivity index (χ3n) is 4.19. The summed E-state index contributed by atoms with van der Waals surface area (Å²) in [5, 5.41) is 11.0. The first-order chi connectivity index (χ1) is 10.8. The molecule has 2 aromatic carbocycles. The summed E-state index contributed by atoms with van der Waals surface area (Å²) in [4.78, 5) is 24.8. The number of rotatable bonds is 3. The quantitative estimate of drug-likeness (QED) is 0.643. The maximum Gasteiger partial charge on any atom is 0.271 e. The summed E-state index contributed by atoms with van der Waals surface area (Å²) in [5.41, 5.74) is 1.26. The second-order valence-electron chi connectivity index (χ2n) is 6.10. The predicted molar refractivity (Wildman–Crippen MR) is 83.7 cm³/mol. The molecule has 0 bridgehead atoms. The fourth-order valence-corrected chi connectivity index (χ4v) is 2.88. The van der Waals surface area contributed by atoms with E-state index in [1.54, 1.807) is 32.0 Å². The molecule has 0 unspecified atom stereocenters. The molecule has 0 saturated heterocycles. The molecular weight excluding hydrogens is 299 g/mol. The van der Waals surface area contributed by atoms with Crippen LogP contribution in [0.4, 0.5) is 15.8 Å². The molecule has 0 radical (unpaired) electrons. The van der Waals surface area contributed by atoms with Gasteiger partial charge in [-0.05, 0) is 43.2 Å². The number of nitro groups is 1. The maximum atomic E-state index is 13.0. The molecule has 23 heavy (non-hydrogen) atoms. The van der Waals surface area contributed by atoms with Crippen molar-refractivity contribution in [3.63, 3.8) is 0 Å². The molecule has 1 aliphatic heterocycles. The molecule has 0 saturated carbocycles. The topological polar surface area (TPSA) is 63.5 Å². The van der Waals surface area contributed by atoms with E-state index in [1.165, 1.54) is 29.2 Å². The Morgan fingerprint density at radius 1 is 1.17 bits per heavy atom. The van der Waals surface area contributed by atoms with Gasteiger partial charge < -0.3 is 4.90 Å². The van der Waals surface area contributed by atoms with Crippen LogP contribution in [-0.2, 0) is 16.8 Å². The van der Waals surface area contributed by atoms with Gasteiger partial charge in [0.15, 0.2) is 0 Å². The van der Waals surface area contributed by atoms with Crippen molar-refractivity contribution in [3.8, 4) is 0 Å². The molecule has 0 spiro atoms. The van der Waals surface area contributed by atoms with Crippen LogP contribution < -0.4 is 4.90 Å². The summed E-state index contributed by atoms with van der Waals surface area (Å²) in [6.07, 6.45) is 0. The standard InChI is InChI=1S/C17H15FN2O3/c1-17(2)14-8-7-13(20(22)23)9-15(14)19(16(17)21)10-11-3-5-12(18)6-4-11/h3-9H,10H2,1-2H3. The van der Waals surface area contributed by atoms with E-state index in [0.717, 1.165) is 11.1 Å². The van der Waals surface area contributed by atoms with Crippen LogP contribution in [0.25, 0.3) is 0 Å². The van der Waals surface area contributed by atoms with Crippen LogP contribution in [0.2, 0.25) is 0 Å². The van der Waals surface area contributed by atoms with Gasteiger partial charge in [0.05, 0.1) is 22.6 Å². The number of non-ortho nitro benzene ring substituents is 1. The van der Waals surface area contributed by atoms with Gasteiger partial charge in [0.25, 0.3) is 5.69 Å². The van der Waals surface area contributed by atoms with Crippen LogP contribution in [0.15, 0.2) is 42.5 Å². The smallest absolute Gasteiger partial charge is 0.271 e. The number of hydrogen-bond acceptors (Lipinski definition) is 3. The van der Waals surface area contributed by atoms with Gasteiger partial charge >= 0.3 is 0 Å². The van der Waals surface area contributed by atoms with Crippen molar-refractivity contribution in [2.45, 2.75) is 25.8 Å². The summed E-state index contributed by atoms with van der Waals surface area (Å²) in [5.74, 6) is -0.477. The zero-order valence-corrected chi connectivity index (χ0v) is 12.7.